The molecule has 3 aromatic heterocycles. The van der Waals surface area contributed by atoms with Crippen LogP contribution in [-0.2, 0) is 6.42 Å². The Labute approximate surface area is 158 Å². The summed E-state index contributed by atoms with van der Waals surface area (Å²) in [5.41, 5.74) is 0.986. The van der Waals surface area contributed by atoms with E-state index in [2.05, 4.69) is 21.4 Å². The van der Waals surface area contributed by atoms with Crippen LogP contribution in [0, 0.1) is 0 Å². The lowest BCUT2D eigenvalue weighted by Crippen LogP contribution is -2.38. The van der Waals surface area contributed by atoms with Crippen LogP contribution in [-0.4, -0.2) is 31.9 Å². The van der Waals surface area contributed by atoms with Crippen molar-refractivity contribution in [1.29, 1.82) is 0 Å². The first-order valence-corrected chi connectivity index (χ1v) is 9.94. The van der Waals surface area contributed by atoms with Gasteiger partial charge in [0.05, 0.1) is 17.0 Å². The lowest BCUT2D eigenvalue weighted by molar-refractivity contribution is 0.0679. The zero-order chi connectivity index (χ0) is 18.7. The van der Waals surface area contributed by atoms with E-state index in [0.29, 0.717) is 17.8 Å². The first kappa shape index (κ1) is 16.4. The van der Waals surface area contributed by atoms with Gasteiger partial charge in [0.1, 0.15) is 5.65 Å². The maximum absolute atomic E-state index is 13.1. The van der Waals surface area contributed by atoms with Gasteiger partial charge in [0.2, 0.25) is 0 Å². The normalized spacial score (nSPS) is 19.3. The summed E-state index contributed by atoms with van der Waals surface area (Å²) >= 11 is 1.73. The summed E-state index contributed by atoms with van der Waals surface area (Å²) < 4.78 is 1.53. The molecule has 0 bridgehead atoms. The largest absolute Gasteiger partial charge is 0.331 e. The molecule has 1 aliphatic carbocycles. The number of H-pyrrole nitrogens is 1. The molecule has 0 aromatic carbocycles. The average molecular weight is 382 g/mol. The van der Waals surface area contributed by atoms with E-state index in [0.717, 1.165) is 19.3 Å². The smallest absolute Gasteiger partial charge is 0.330 e. The Balaban J connectivity index is 1.57. The third-order valence-corrected chi connectivity index (χ3v) is 6.47. The van der Waals surface area contributed by atoms with Crippen molar-refractivity contribution in [3.63, 3.8) is 0 Å². The van der Waals surface area contributed by atoms with Crippen LogP contribution in [0.15, 0.2) is 33.3 Å². The Morgan fingerprint density at radius 1 is 1.33 bits per heavy atom. The molecule has 0 radical (unpaired) electrons. The molecule has 1 unspecified atom stereocenters. The molecule has 5 rings (SSSR count). The fourth-order valence-corrected chi connectivity index (χ4v) is 4.84. The topological polar surface area (TPSA) is 88.1 Å². The van der Waals surface area contributed by atoms with Gasteiger partial charge >= 0.3 is 5.69 Å². The molecule has 1 saturated carbocycles. The molecule has 138 valence electrons. The van der Waals surface area contributed by atoms with E-state index in [1.54, 1.807) is 17.4 Å². The van der Waals surface area contributed by atoms with Gasteiger partial charge in [-0.05, 0) is 49.3 Å². The number of pyridine rings is 1. The maximum atomic E-state index is 13.1. The number of aromatic nitrogens is 3. The lowest BCUT2D eigenvalue weighted by atomic mass is 10.0. The average Bonchev–Trinajstić information content (AvgIpc) is 3.36. The van der Waals surface area contributed by atoms with Crippen molar-refractivity contribution in [2.75, 3.05) is 6.54 Å². The second kappa shape index (κ2) is 5.88. The van der Waals surface area contributed by atoms with Crippen molar-refractivity contribution in [2.45, 2.75) is 38.3 Å². The van der Waals surface area contributed by atoms with Crippen molar-refractivity contribution in [3.05, 3.63) is 60.6 Å². The minimum Gasteiger partial charge on any atom is -0.331 e. The number of hydrogen-bond donors (Lipinski definition) is 1. The number of carbonyl (C=O) groups excluding carboxylic acids is 1. The van der Waals surface area contributed by atoms with Crippen LogP contribution in [0.5, 0.6) is 0 Å². The highest BCUT2D eigenvalue weighted by atomic mass is 32.1. The van der Waals surface area contributed by atoms with Crippen LogP contribution in [0.4, 0.5) is 0 Å². The molecule has 1 N–H and O–H groups in total. The maximum Gasteiger partial charge on any atom is 0.330 e. The number of aromatic amines is 1. The number of rotatable bonds is 2. The summed E-state index contributed by atoms with van der Waals surface area (Å²) in [6.07, 6.45) is 4.12. The number of fused-ring (bicyclic) bond motifs is 2. The fourth-order valence-electron chi connectivity index (χ4n) is 3.88. The Bertz CT molecular complexity index is 1190. The van der Waals surface area contributed by atoms with E-state index in [1.165, 1.54) is 21.2 Å². The van der Waals surface area contributed by atoms with Crippen LogP contribution in [0.25, 0.3) is 11.0 Å². The number of carbonyl (C=O) groups is 1. The molecule has 3 aromatic rings. The van der Waals surface area contributed by atoms with E-state index in [9.17, 15) is 14.4 Å². The van der Waals surface area contributed by atoms with E-state index in [4.69, 9.17) is 0 Å². The van der Waals surface area contributed by atoms with E-state index in [-0.39, 0.29) is 23.4 Å². The molecular weight excluding hydrogens is 364 g/mol. The second-order valence-electron chi connectivity index (χ2n) is 7.18. The molecular formula is C19H18N4O3S. The predicted octanol–water partition coefficient (Wildman–Crippen LogP) is 2.24. The van der Waals surface area contributed by atoms with Crippen LogP contribution in [0.3, 0.4) is 0 Å². The minimum atomic E-state index is -0.499. The highest BCUT2D eigenvalue weighted by Crippen LogP contribution is 2.35. The van der Waals surface area contributed by atoms with Crippen molar-refractivity contribution < 1.29 is 4.79 Å². The van der Waals surface area contributed by atoms with Crippen LogP contribution >= 0.6 is 11.3 Å². The van der Waals surface area contributed by atoms with Crippen LogP contribution in [0.2, 0.25) is 0 Å². The van der Waals surface area contributed by atoms with Crippen molar-refractivity contribution in [3.8, 4) is 0 Å². The summed E-state index contributed by atoms with van der Waals surface area (Å²) in [5.74, 6) is -0.141. The van der Waals surface area contributed by atoms with Crippen molar-refractivity contribution >= 4 is 28.3 Å². The second-order valence-corrected chi connectivity index (χ2v) is 8.18. The molecule has 0 spiro atoms. The summed E-state index contributed by atoms with van der Waals surface area (Å²) in [6.45, 7) is 2.66. The summed E-state index contributed by atoms with van der Waals surface area (Å²) in [4.78, 5) is 47.4. The van der Waals surface area contributed by atoms with Gasteiger partial charge in [-0.15, -0.1) is 11.3 Å². The number of nitrogens with zero attached hydrogens (tertiary/aromatic N) is 3. The van der Waals surface area contributed by atoms with E-state index in [1.807, 2.05) is 11.8 Å². The highest BCUT2D eigenvalue weighted by molar-refractivity contribution is 7.10. The quantitative estimate of drug-likeness (QED) is 0.736. The Hall–Kier alpha value is -2.74. The van der Waals surface area contributed by atoms with Crippen molar-refractivity contribution in [2.24, 2.45) is 0 Å². The number of nitrogens with one attached hydrogen (secondary N) is 1. The number of thiophene rings is 1. The van der Waals surface area contributed by atoms with E-state index >= 15 is 0 Å². The first-order valence-electron chi connectivity index (χ1n) is 9.06. The SMILES string of the molecule is CC1c2ccsc2CCN1C(=O)c1cnc2c(c1)c(=O)[nH]c(=O)n2C1CC1. The molecule has 2 aliphatic rings. The van der Waals surface area contributed by atoms with Gasteiger partial charge in [-0.3, -0.25) is 19.1 Å². The highest BCUT2D eigenvalue weighted by Gasteiger charge is 2.31. The van der Waals surface area contributed by atoms with E-state index < -0.39 is 11.2 Å². The molecule has 1 atom stereocenters. The third kappa shape index (κ3) is 2.55. The van der Waals surface area contributed by atoms with Crippen LogP contribution in [0.1, 0.15) is 52.6 Å². The minimum absolute atomic E-state index is 0.0121. The fraction of sp³-hybridized carbons (Fsp3) is 0.368. The summed E-state index contributed by atoms with van der Waals surface area (Å²) in [7, 11) is 0. The number of amides is 1. The molecule has 1 fully saturated rings. The molecule has 1 amide bonds. The molecule has 0 saturated heterocycles. The van der Waals surface area contributed by atoms with Gasteiger partial charge in [0, 0.05) is 23.7 Å². The van der Waals surface area contributed by atoms with Crippen LogP contribution < -0.4 is 11.2 Å². The van der Waals surface area contributed by atoms with Gasteiger partial charge in [-0.1, -0.05) is 0 Å². The van der Waals surface area contributed by atoms with Gasteiger partial charge in [-0.25, -0.2) is 9.78 Å². The molecule has 1 aliphatic heterocycles. The van der Waals surface area contributed by atoms with Gasteiger partial charge in [0.25, 0.3) is 11.5 Å². The zero-order valence-corrected chi connectivity index (χ0v) is 15.6. The summed E-state index contributed by atoms with van der Waals surface area (Å²) in [6, 6.07) is 3.71. The van der Waals surface area contributed by atoms with Crippen molar-refractivity contribution in [1.82, 2.24) is 19.4 Å². The molecule has 27 heavy (non-hydrogen) atoms. The van der Waals surface area contributed by atoms with Gasteiger partial charge < -0.3 is 4.90 Å². The number of hydrogen-bond acceptors (Lipinski definition) is 5. The Morgan fingerprint density at radius 2 is 2.15 bits per heavy atom. The molecule has 7 nitrogen and oxygen atoms in total. The summed E-state index contributed by atoms with van der Waals surface area (Å²) in [5, 5.41) is 2.34. The Kier molecular flexibility index (Phi) is 3.58. The third-order valence-electron chi connectivity index (χ3n) is 5.48. The van der Waals surface area contributed by atoms with Gasteiger partial charge in [0.15, 0.2) is 0 Å². The van der Waals surface area contributed by atoms with Gasteiger partial charge in [-0.2, -0.15) is 0 Å². The lowest BCUT2D eigenvalue weighted by Gasteiger charge is -2.33. The Morgan fingerprint density at radius 3 is 2.93 bits per heavy atom. The molecule has 4 heterocycles. The molecule has 8 heteroatoms. The predicted molar refractivity (Wildman–Crippen MR) is 102 cm³/mol. The monoisotopic (exact) mass is 382 g/mol. The zero-order valence-electron chi connectivity index (χ0n) is 14.8. The standard InChI is InChI=1S/C19H18N4O3S/c1-10-13-5-7-27-15(13)4-6-22(10)18(25)11-8-14-16(20-9-11)23(12-2-3-12)19(26)21-17(14)24/h5,7-10,12H,2-4,6H2,1H3,(H,21,24,26). The first-order chi connectivity index (χ1) is 13.0.